The molecule has 4 rings (SSSR count). The molecule has 94 heavy (non-hydrogen) atoms. The first-order valence-corrected chi connectivity index (χ1v) is 34.0. The van der Waals surface area contributed by atoms with E-state index in [0.29, 0.717) is 6.42 Å². The molecule has 13 N–H and O–H groups in total. The topological polar surface area (TPSA) is 406 Å². The van der Waals surface area contributed by atoms with Crippen molar-refractivity contribution in [2.75, 3.05) is 26.4 Å². The summed E-state index contributed by atoms with van der Waals surface area (Å²) in [5, 5.41) is 113. The summed E-state index contributed by atoms with van der Waals surface area (Å²) in [5.41, 5.74) is -39.1. The second-order valence-corrected chi connectivity index (χ2v) is 31.3. The van der Waals surface area contributed by atoms with Crippen LogP contribution in [-0.2, 0) is 66.9 Å². The molecule has 27 nitrogen and oxygen atoms in total. The molecule has 4 aliphatic heterocycles. The van der Waals surface area contributed by atoms with Crippen molar-refractivity contribution in [1.82, 2.24) is 21.3 Å². The molecule has 0 aromatic heterocycles. The molecule has 4 saturated heterocycles. The smallest absolute Gasteiger partial charge is 0.393 e. The normalized spacial score (nSPS) is 46.8. The van der Waals surface area contributed by atoms with Crippen molar-refractivity contribution in [2.24, 2.45) is 0 Å². The van der Waals surface area contributed by atoms with Crippen molar-refractivity contribution in [3.63, 3.8) is 0 Å². The Hall–Kier alpha value is -3.37. The molecule has 0 aliphatic carbocycles. The van der Waals surface area contributed by atoms with E-state index in [4.69, 9.17) is 37.3 Å². The third kappa shape index (κ3) is 12.9. The molecule has 9 unspecified atom stereocenters. The third-order valence-corrected chi connectivity index (χ3v) is 24.5. The number of aliphatic hydroxyl groups is 8. The largest absolute Gasteiger partial charge is 0.397 e. The second kappa shape index (κ2) is 27.0. The Balaban J connectivity index is 1.98. The van der Waals surface area contributed by atoms with Gasteiger partial charge in [-0.25, -0.2) is 4.18 Å². The monoisotopic (exact) mass is 1370 g/mol. The molecule has 0 bridgehead atoms. The van der Waals surface area contributed by atoms with Gasteiger partial charge in [-0.15, -0.1) is 0 Å². The predicted octanol–water partition coefficient (Wildman–Crippen LogP) is 4.15. The Morgan fingerprint density at radius 1 is 0.457 bits per heavy atom. The Kier molecular flexibility index (Phi) is 23.8. The molecule has 4 amide bonds. The van der Waals surface area contributed by atoms with Gasteiger partial charge in [0.15, 0.2) is 17.4 Å². The van der Waals surface area contributed by atoms with Crippen molar-refractivity contribution in [3.05, 3.63) is 24.3 Å². The van der Waals surface area contributed by atoms with Crippen LogP contribution in [0.15, 0.2) is 24.3 Å². The number of unbranched alkanes of at least 4 members (excludes halogenated alkanes) is 8. The highest BCUT2D eigenvalue weighted by Gasteiger charge is 2.86. The number of rotatable bonds is 28. The summed E-state index contributed by atoms with van der Waals surface area (Å²) >= 11 is 0. The minimum absolute atomic E-state index is 0.508. The van der Waals surface area contributed by atoms with Crippen molar-refractivity contribution < 1.29 is 110 Å². The first-order valence-electron chi connectivity index (χ1n) is 32.7. The average molecular weight is 1370 g/mol. The molecular formula is C66H118N4O23S. The number of amides is 4. The van der Waals surface area contributed by atoms with Crippen LogP contribution in [0, 0.1) is 0 Å². The SMILES string of the molecule is CCCCCC/C=C\CCCCC/C=C/C(=O)NC1(C)[C@](C)(O[C@]2(C)C(C)(CO)O[C@@](C)(O[C@]3(C)C(C)(CO)O[C@@](C)(O[C@]4(C)C(C)(COS(=O)(=O)O)OC(C)C(C)(NC(C)=O)[C@@]4(C)O)C(C)(NC(C)=O)[C@@]3(C)O)C(C)(NC(C)=O)[C@@]2(C)O)OC(C)(CO)[C@@](C)(O)[C@]1(C)O. The zero-order valence-corrected chi connectivity index (χ0v) is 61.3. The van der Waals surface area contributed by atoms with Gasteiger partial charge in [0.1, 0.15) is 90.4 Å². The minimum Gasteiger partial charge on any atom is -0.393 e. The lowest BCUT2D eigenvalue weighted by molar-refractivity contribution is -0.520. The van der Waals surface area contributed by atoms with Gasteiger partial charge in [-0.1, -0.05) is 50.8 Å². The van der Waals surface area contributed by atoms with Gasteiger partial charge in [-0.05, 0) is 183 Å². The fourth-order valence-corrected chi connectivity index (χ4v) is 15.8. The fraction of sp³-hybridized carbons (Fsp3) is 0.879. The number of hydrogen-bond acceptors (Lipinski definition) is 22. The first-order chi connectivity index (χ1) is 42.2. The molecule has 28 heteroatoms. The molecule has 0 radical (unpaired) electrons. The van der Waals surface area contributed by atoms with Gasteiger partial charge in [0.05, 0.1) is 31.5 Å². The van der Waals surface area contributed by atoms with Crippen LogP contribution in [-0.4, -0.2) is 217 Å². The van der Waals surface area contributed by atoms with Gasteiger partial charge in [0, 0.05) is 20.8 Å². The highest BCUT2D eigenvalue weighted by molar-refractivity contribution is 7.80. The lowest BCUT2D eigenvalue weighted by Gasteiger charge is -2.75. The lowest BCUT2D eigenvalue weighted by Crippen LogP contribution is -2.95. The molecule has 0 aromatic rings. The lowest BCUT2D eigenvalue weighted by atomic mass is 9.56. The van der Waals surface area contributed by atoms with Gasteiger partial charge in [-0.3, -0.25) is 23.7 Å². The van der Waals surface area contributed by atoms with Gasteiger partial charge in [0.25, 0.3) is 0 Å². The van der Waals surface area contributed by atoms with E-state index in [-0.39, 0.29) is 0 Å². The van der Waals surface area contributed by atoms with Crippen LogP contribution >= 0.6 is 0 Å². The quantitative estimate of drug-likeness (QED) is 0.0226. The van der Waals surface area contributed by atoms with Crippen LogP contribution in [0.2, 0.25) is 0 Å². The maximum atomic E-state index is 14.3. The summed E-state index contributed by atoms with van der Waals surface area (Å²) in [6.07, 6.45) is 15.9. The highest BCUT2D eigenvalue weighted by atomic mass is 32.3. The molecule has 0 saturated carbocycles. The number of ether oxygens (including phenoxy) is 7. The summed E-state index contributed by atoms with van der Waals surface area (Å²) < 4.78 is 88.4. The predicted molar refractivity (Wildman–Crippen MR) is 346 cm³/mol. The molecule has 20 atom stereocenters. The Bertz CT molecular complexity index is 2950. The van der Waals surface area contributed by atoms with Crippen molar-refractivity contribution in [3.8, 4) is 0 Å². The molecule has 4 aliphatic rings. The zero-order chi connectivity index (χ0) is 73.1. The maximum Gasteiger partial charge on any atom is 0.397 e. The molecule has 4 heterocycles. The summed E-state index contributed by atoms with van der Waals surface area (Å²) in [6.45, 7) is 26.6. The van der Waals surface area contributed by atoms with E-state index >= 15 is 0 Å². The van der Waals surface area contributed by atoms with Crippen molar-refractivity contribution in [1.29, 1.82) is 0 Å². The van der Waals surface area contributed by atoms with Gasteiger partial charge in [0.2, 0.25) is 23.6 Å². The van der Waals surface area contributed by atoms with Crippen LogP contribution < -0.4 is 21.3 Å². The van der Waals surface area contributed by atoms with E-state index in [0.717, 1.165) is 52.4 Å². The van der Waals surface area contributed by atoms with Gasteiger partial charge in [-0.2, -0.15) is 8.42 Å². The maximum absolute atomic E-state index is 14.3. The van der Waals surface area contributed by atoms with Crippen molar-refractivity contribution >= 4 is 34.0 Å². The number of allylic oxidation sites excluding steroid dienone is 3. The van der Waals surface area contributed by atoms with Gasteiger partial charge >= 0.3 is 10.4 Å². The number of hydrogen-bond donors (Lipinski definition) is 13. The Morgan fingerprint density at radius 3 is 1.15 bits per heavy atom. The van der Waals surface area contributed by atoms with E-state index in [2.05, 4.69) is 40.3 Å². The van der Waals surface area contributed by atoms with Crippen molar-refractivity contribution in [2.45, 2.75) is 343 Å². The van der Waals surface area contributed by atoms with Crippen LogP contribution in [0.5, 0.6) is 0 Å². The van der Waals surface area contributed by atoms with Crippen LogP contribution in [0.1, 0.15) is 230 Å². The number of carbonyl (C=O) groups excluding carboxylic acids is 4. The Morgan fingerprint density at radius 2 is 0.798 bits per heavy atom. The summed E-state index contributed by atoms with van der Waals surface area (Å²) in [6, 6.07) is 0. The van der Waals surface area contributed by atoms with E-state index in [1.165, 1.54) is 171 Å². The van der Waals surface area contributed by atoms with Crippen LogP contribution in [0.4, 0.5) is 0 Å². The highest BCUT2D eigenvalue weighted by Crippen LogP contribution is 2.65. The summed E-state index contributed by atoms with van der Waals surface area (Å²) in [7, 11) is -5.26. The molecular weight excluding hydrogens is 1250 g/mol. The molecule has 0 aromatic carbocycles. The molecule has 546 valence electrons. The molecule has 4 fully saturated rings. The fourth-order valence-electron chi connectivity index (χ4n) is 15.4. The Labute approximate surface area is 557 Å². The third-order valence-electron chi connectivity index (χ3n) is 24.1. The second-order valence-electron chi connectivity index (χ2n) is 30.2. The first kappa shape index (κ1) is 83.1. The van der Waals surface area contributed by atoms with Gasteiger partial charge < -0.3 is 95.3 Å². The summed E-state index contributed by atoms with van der Waals surface area (Å²) in [5.74, 6) is -11.0. The minimum atomic E-state index is -5.26. The van der Waals surface area contributed by atoms with E-state index in [1.807, 2.05) is 0 Å². The van der Waals surface area contributed by atoms with E-state index in [1.54, 1.807) is 6.08 Å². The van der Waals surface area contributed by atoms with Crippen LogP contribution in [0.3, 0.4) is 0 Å². The molecule has 0 spiro atoms. The summed E-state index contributed by atoms with van der Waals surface area (Å²) in [4.78, 5) is 55.2. The van der Waals surface area contributed by atoms with Crippen LogP contribution in [0.25, 0.3) is 0 Å². The average Bonchev–Trinajstić information content (AvgIpc) is 0.663. The standard InChI is InChI=1S/C66H118N4O23S/c1-25-26-27-28-29-30-31-32-33-34-35-36-37-38-47(77)70-53(11)58(16,80)56(14,78)48(6,39-71)88-64(53,22)91-61(19)49(7,40-72)89-65(23,54(12,59(61,17)81)68-45(4)75)92-62(20)50(8,41-73)90-66(24,55(13,60(62,18)82)69-46(5)76)93-63(21)51(9,42-86-94(83,84)85)87-43(2)52(10,57(63,15)79)67-44(3)74/h30-31,37-38,43,71-73,78-82H,25-29,32-36,39-42H2,1-24H3,(H,67,74)(H,68,75)(H,69,76)(H,70,77)(H,83,84,85)/b31-30-,38-37+/t43?,48?,49?,50?,51?,52?,53?,54?,55?,56-,57-,58-,59-,60-,61-,62-,63-,64+,65+,66+/m1/s1. The zero-order valence-electron chi connectivity index (χ0n) is 60.4. The number of aliphatic hydroxyl groups excluding tert-OH is 3. The number of nitrogens with one attached hydrogen (secondary N) is 4. The van der Waals surface area contributed by atoms with E-state index in [9.17, 15) is 73.0 Å². The van der Waals surface area contributed by atoms with E-state index < -0.39 is 173 Å². The number of carbonyl (C=O) groups is 4.